The van der Waals surface area contributed by atoms with Gasteiger partial charge in [0.05, 0.1) is 23.9 Å². The molecule has 0 bridgehead atoms. The zero-order valence-corrected chi connectivity index (χ0v) is 13.9. The van der Waals surface area contributed by atoms with Crippen LogP contribution < -0.4 is 5.32 Å². The van der Waals surface area contributed by atoms with Gasteiger partial charge in [0.15, 0.2) is 5.65 Å². The number of aromatic nitrogens is 3. The molecule has 0 radical (unpaired) electrons. The van der Waals surface area contributed by atoms with Crippen molar-refractivity contribution < 1.29 is 13.7 Å². The highest BCUT2D eigenvalue weighted by Gasteiger charge is 2.20. The lowest BCUT2D eigenvalue weighted by Crippen LogP contribution is -2.24. The van der Waals surface area contributed by atoms with Crippen LogP contribution in [0.4, 0.5) is 5.69 Å². The van der Waals surface area contributed by atoms with Crippen molar-refractivity contribution in [1.29, 1.82) is 0 Å². The van der Waals surface area contributed by atoms with Crippen molar-refractivity contribution >= 4 is 33.5 Å². The Morgan fingerprint density at radius 2 is 2.23 bits per heavy atom. The minimum Gasteiger partial charge on any atom is -0.462 e. The third-order valence-corrected chi connectivity index (χ3v) is 4.10. The predicted molar refractivity (Wildman–Crippen MR) is 86.5 cm³/mol. The summed E-state index contributed by atoms with van der Waals surface area (Å²) in [6, 6.07) is -0.0650. The summed E-state index contributed by atoms with van der Waals surface area (Å²) in [6.07, 6.45) is 4.79. The quantitative estimate of drug-likeness (QED) is 0.807. The molecule has 0 aliphatic rings. The molecule has 22 heavy (non-hydrogen) atoms. The van der Waals surface area contributed by atoms with E-state index in [1.807, 2.05) is 6.92 Å². The minimum absolute atomic E-state index is 0.0650. The zero-order chi connectivity index (χ0) is 16.3. The number of nitrogens with one attached hydrogen (secondary N) is 1. The van der Waals surface area contributed by atoms with Crippen LogP contribution in [0.5, 0.6) is 0 Å². The number of nitrogens with zero attached hydrogens (tertiary/aromatic N) is 3. The molecule has 0 aromatic carbocycles. The van der Waals surface area contributed by atoms with Crippen LogP contribution in [0.2, 0.25) is 0 Å². The van der Waals surface area contributed by atoms with E-state index >= 15 is 0 Å². The summed E-state index contributed by atoms with van der Waals surface area (Å²) in [7, 11) is 0.852. The topological polar surface area (TPSA) is 86.1 Å². The molecule has 120 valence electrons. The molecule has 2 unspecified atom stereocenters. The van der Waals surface area contributed by atoms with Crippen molar-refractivity contribution in [1.82, 2.24) is 14.8 Å². The minimum atomic E-state index is -0.934. The van der Waals surface area contributed by atoms with E-state index in [4.69, 9.17) is 4.74 Å². The number of hydrogen-bond acceptors (Lipinski definition) is 6. The van der Waals surface area contributed by atoms with Crippen LogP contribution in [0.1, 0.15) is 24.2 Å². The molecule has 0 saturated carbocycles. The normalized spacial score (nSPS) is 13.8. The fourth-order valence-electron chi connectivity index (χ4n) is 2.26. The van der Waals surface area contributed by atoms with Crippen LogP contribution in [0.3, 0.4) is 0 Å². The number of anilines is 1. The van der Waals surface area contributed by atoms with Gasteiger partial charge in [-0.25, -0.2) is 9.78 Å². The van der Waals surface area contributed by atoms with Crippen LogP contribution in [0.25, 0.3) is 11.0 Å². The average Bonchev–Trinajstić information content (AvgIpc) is 2.80. The molecule has 1 N–H and O–H groups in total. The maximum atomic E-state index is 12.1. The van der Waals surface area contributed by atoms with Crippen molar-refractivity contribution in [2.24, 2.45) is 7.05 Å². The van der Waals surface area contributed by atoms with E-state index in [-0.39, 0.29) is 12.6 Å². The fourth-order valence-corrected chi connectivity index (χ4v) is 3.04. The Kier molecular flexibility index (Phi) is 5.12. The lowest BCUT2D eigenvalue weighted by molar-refractivity contribution is 0.0527. The molecule has 0 saturated heterocycles. The third kappa shape index (κ3) is 3.44. The summed E-state index contributed by atoms with van der Waals surface area (Å²) >= 11 is 0. The van der Waals surface area contributed by atoms with Gasteiger partial charge in [-0.15, -0.1) is 0 Å². The monoisotopic (exact) mass is 324 g/mol. The van der Waals surface area contributed by atoms with Gasteiger partial charge < -0.3 is 10.1 Å². The van der Waals surface area contributed by atoms with Crippen LogP contribution in [-0.4, -0.2) is 49.6 Å². The number of fused-ring (bicyclic) bond motifs is 1. The lowest BCUT2D eigenvalue weighted by Gasteiger charge is -2.17. The molecule has 8 heteroatoms. The van der Waals surface area contributed by atoms with E-state index in [1.165, 1.54) is 6.20 Å². The Hall–Kier alpha value is -1.96. The Morgan fingerprint density at radius 1 is 1.50 bits per heavy atom. The Morgan fingerprint density at radius 3 is 2.86 bits per heavy atom. The van der Waals surface area contributed by atoms with Crippen LogP contribution in [-0.2, 0) is 22.6 Å². The predicted octanol–water partition coefficient (Wildman–Crippen LogP) is 1.32. The summed E-state index contributed by atoms with van der Waals surface area (Å²) in [4.78, 5) is 16.4. The van der Waals surface area contributed by atoms with Gasteiger partial charge in [0.1, 0.15) is 5.56 Å². The summed E-state index contributed by atoms with van der Waals surface area (Å²) < 4.78 is 18.1. The maximum Gasteiger partial charge on any atom is 0.341 e. The van der Waals surface area contributed by atoms with Gasteiger partial charge >= 0.3 is 5.97 Å². The van der Waals surface area contributed by atoms with Crippen molar-refractivity contribution in [3.8, 4) is 0 Å². The molecule has 0 aliphatic carbocycles. The molecule has 2 atom stereocenters. The number of carbonyl (C=O) groups excluding carboxylic acids is 1. The molecule has 2 aromatic rings. The molecule has 2 heterocycles. The van der Waals surface area contributed by atoms with Gasteiger partial charge in [0.25, 0.3) is 0 Å². The van der Waals surface area contributed by atoms with Crippen molar-refractivity contribution in [3.63, 3.8) is 0 Å². The molecule has 7 nitrogen and oxygen atoms in total. The first kappa shape index (κ1) is 16.4. The molecule has 0 amide bonds. The van der Waals surface area contributed by atoms with E-state index in [0.717, 1.165) is 5.39 Å². The molecule has 0 spiro atoms. The van der Waals surface area contributed by atoms with E-state index in [1.54, 1.807) is 31.1 Å². The first-order valence-electron chi connectivity index (χ1n) is 6.98. The first-order valence-corrected chi connectivity index (χ1v) is 8.71. The Labute approximate surface area is 131 Å². The molecule has 2 aromatic heterocycles. The lowest BCUT2D eigenvalue weighted by atomic mass is 10.1. The second-order valence-corrected chi connectivity index (χ2v) is 6.54. The maximum absolute atomic E-state index is 12.1. The van der Waals surface area contributed by atoms with E-state index < -0.39 is 16.8 Å². The SMILES string of the molecule is CCOC(=O)c1cnc2c(cnn2C)c1NC(C)CS(C)=O. The van der Waals surface area contributed by atoms with Gasteiger partial charge in [-0.1, -0.05) is 0 Å². The summed E-state index contributed by atoms with van der Waals surface area (Å²) in [5.41, 5.74) is 1.64. The number of ether oxygens (including phenoxy) is 1. The number of esters is 1. The molecule has 0 aliphatic heterocycles. The van der Waals surface area contributed by atoms with Crippen LogP contribution in [0, 0.1) is 0 Å². The van der Waals surface area contributed by atoms with Crippen LogP contribution in [0.15, 0.2) is 12.4 Å². The van der Waals surface area contributed by atoms with Gasteiger partial charge in [-0.05, 0) is 13.8 Å². The molecule has 2 rings (SSSR count). The van der Waals surface area contributed by atoms with Crippen molar-refractivity contribution in [3.05, 3.63) is 18.0 Å². The smallest absolute Gasteiger partial charge is 0.341 e. The number of carbonyl (C=O) groups is 1. The van der Waals surface area contributed by atoms with E-state index in [9.17, 15) is 9.00 Å². The first-order chi connectivity index (χ1) is 10.4. The molecular weight excluding hydrogens is 304 g/mol. The summed E-state index contributed by atoms with van der Waals surface area (Å²) in [5, 5.41) is 8.16. The van der Waals surface area contributed by atoms with E-state index in [0.29, 0.717) is 22.7 Å². The van der Waals surface area contributed by atoms with Gasteiger partial charge in [0.2, 0.25) is 0 Å². The number of pyridine rings is 1. The largest absolute Gasteiger partial charge is 0.462 e. The van der Waals surface area contributed by atoms with Crippen LogP contribution >= 0.6 is 0 Å². The third-order valence-electron chi connectivity index (χ3n) is 3.13. The zero-order valence-electron chi connectivity index (χ0n) is 13.1. The highest BCUT2D eigenvalue weighted by atomic mass is 32.2. The summed E-state index contributed by atoms with van der Waals surface area (Å²) in [6.45, 7) is 3.96. The molecule has 0 fully saturated rings. The van der Waals surface area contributed by atoms with E-state index in [2.05, 4.69) is 15.4 Å². The van der Waals surface area contributed by atoms with Gasteiger partial charge in [0, 0.05) is 42.1 Å². The van der Waals surface area contributed by atoms with Crippen molar-refractivity contribution in [2.45, 2.75) is 19.9 Å². The Bertz CT molecular complexity index is 713. The van der Waals surface area contributed by atoms with Gasteiger partial charge in [-0.2, -0.15) is 5.10 Å². The number of aryl methyl sites for hydroxylation is 1. The molecular formula is C14H20N4O3S. The standard InChI is InChI=1S/C14H20N4O3S/c1-5-21-14(19)11-6-15-13-10(7-16-18(13)3)12(11)17-9(2)8-22(4)20/h6-7,9H,5,8H2,1-4H3,(H,15,17). The second kappa shape index (κ2) is 6.87. The highest BCUT2D eigenvalue weighted by Crippen LogP contribution is 2.27. The second-order valence-electron chi connectivity index (χ2n) is 5.06. The van der Waals surface area contributed by atoms with Crippen molar-refractivity contribution in [2.75, 3.05) is 23.9 Å². The fraction of sp³-hybridized carbons (Fsp3) is 0.500. The average molecular weight is 324 g/mol. The number of hydrogen-bond donors (Lipinski definition) is 1. The van der Waals surface area contributed by atoms with Gasteiger partial charge in [-0.3, -0.25) is 8.89 Å². The summed E-state index contributed by atoms with van der Waals surface area (Å²) in [5.74, 6) is 0.0415. The number of rotatable bonds is 6. The highest BCUT2D eigenvalue weighted by molar-refractivity contribution is 7.84. The Balaban J connectivity index is 2.47.